The van der Waals surface area contributed by atoms with Crippen LogP contribution in [0.1, 0.15) is 92.9 Å². The van der Waals surface area contributed by atoms with Crippen molar-refractivity contribution in [2.45, 2.75) is 72.1 Å². The van der Waals surface area contributed by atoms with Crippen molar-refractivity contribution in [2.24, 2.45) is 5.92 Å². The van der Waals surface area contributed by atoms with Crippen LogP contribution in [0.2, 0.25) is 0 Å². The number of carbonyl (C=O) groups is 2. The number of hydrogen-bond donors (Lipinski definition) is 0. The van der Waals surface area contributed by atoms with E-state index >= 15 is 0 Å². The van der Waals surface area contributed by atoms with Gasteiger partial charge in [-0.2, -0.15) is 0 Å². The Kier molecular flexibility index (Phi) is 11.4. The third kappa shape index (κ3) is 9.59. The molecule has 0 aromatic heterocycles. The molecule has 1 aromatic carbocycles. The van der Waals surface area contributed by atoms with E-state index in [-0.39, 0.29) is 11.9 Å². The number of carbonyl (C=O) groups excluding carboxylic acids is 2. The predicted octanol–water partition coefficient (Wildman–Crippen LogP) is 5.80. The lowest BCUT2D eigenvalue weighted by Crippen LogP contribution is -2.09. The molecule has 146 valence electrons. The van der Waals surface area contributed by atoms with Gasteiger partial charge >= 0.3 is 11.9 Å². The molecule has 26 heavy (non-hydrogen) atoms. The molecular formula is C22H34O4. The lowest BCUT2D eigenvalue weighted by molar-refractivity contribution is 0.0483. The van der Waals surface area contributed by atoms with Gasteiger partial charge in [0.2, 0.25) is 0 Å². The van der Waals surface area contributed by atoms with Crippen molar-refractivity contribution in [3.8, 4) is 0 Å². The van der Waals surface area contributed by atoms with Crippen molar-refractivity contribution in [3.05, 3.63) is 35.4 Å². The maximum atomic E-state index is 12.0. The summed E-state index contributed by atoms with van der Waals surface area (Å²) in [5.74, 6) is 0.0712. The van der Waals surface area contributed by atoms with E-state index in [1.165, 1.54) is 19.3 Å². The van der Waals surface area contributed by atoms with E-state index in [1.54, 1.807) is 24.3 Å². The molecule has 0 N–H and O–H groups in total. The Balaban J connectivity index is 2.25. The predicted molar refractivity (Wildman–Crippen MR) is 104 cm³/mol. The highest BCUT2D eigenvalue weighted by Gasteiger charge is 2.10. The molecule has 0 bridgehead atoms. The standard InChI is InChI=1S/C22H34O4/c1-4-5-9-16-25-21(23)19-12-14-20(15-13-19)22(24)26-17-10-7-6-8-11-18(2)3/h12-15,18H,4-11,16-17H2,1-3H3. The number of hydrogen-bond acceptors (Lipinski definition) is 4. The van der Waals surface area contributed by atoms with Gasteiger partial charge in [-0.3, -0.25) is 0 Å². The minimum atomic E-state index is -0.345. The molecule has 0 fully saturated rings. The van der Waals surface area contributed by atoms with E-state index in [1.807, 2.05) is 0 Å². The summed E-state index contributed by atoms with van der Waals surface area (Å²) in [6.07, 6.45) is 8.68. The van der Waals surface area contributed by atoms with Gasteiger partial charge in [-0.1, -0.05) is 59.3 Å². The number of unbranched alkanes of at least 4 members (excludes halogenated alkanes) is 5. The average molecular weight is 363 g/mol. The minimum Gasteiger partial charge on any atom is -0.462 e. The van der Waals surface area contributed by atoms with Crippen LogP contribution in [-0.2, 0) is 9.47 Å². The smallest absolute Gasteiger partial charge is 0.338 e. The average Bonchev–Trinajstić information content (AvgIpc) is 2.64. The second-order valence-electron chi connectivity index (χ2n) is 7.15. The summed E-state index contributed by atoms with van der Waals surface area (Å²) < 4.78 is 10.5. The molecule has 4 heteroatoms. The van der Waals surface area contributed by atoms with E-state index in [0.29, 0.717) is 24.3 Å². The van der Waals surface area contributed by atoms with E-state index in [0.717, 1.165) is 38.0 Å². The van der Waals surface area contributed by atoms with Crippen LogP contribution in [0.3, 0.4) is 0 Å². The van der Waals surface area contributed by atoms with Crippen molar-refractivity contribution >= 4 is 11.9 Å². The van der Waals surface area contributed by atoms with Gasteiger partial charge in [0.05, 0.1) is 24.3 Å². The van der Waals surface area contributed by atoms with Gasteiger partial charge in [-0.25, -0.2) is 9.59 Å². The van der Waals surface area contributed by atoms with Crippen molar-refractivity contribution in [3.63, 3.8) is 0 Å². The zero-order valence-corrected chi connectivity index (χ0v) is 16.6. The first-order valence-corrected chi connectivity index (χ1v) is 9.99. The zero-order chi connectivity index (χ0) is 19.2. The molecule has 0 saturated carbocycles. The summed E-state index contributed by atoms with van der Waals surface area (Å²) in [5, 5.41) is 0. The molecule has 0 radical (unpaired) electrons. The summed E-state index contributed by atoms with van der Waals surface area (Å²) in [6, 6.07) is 6.47. The first kappa shape index (κ1) is 22.2. The van der Waals surface area contributed by atoms with Gasteiger partial charge in [-0.05, 0) is 43.0 Å². The molecule has 0 unspecified atom stereocenters. The Morgan fingerprint density at radius 2 is 1.23 bits per heavy atom. The Morgan fingerprint density at radius 1 is 0.769 bits per heavy atom. The van der Waals surface area contributed by atoms with Gasteiger partial charge in [0, 0.05) is 0 Å². The van der Waals surface area contributed by atoms with Crippen LogP contribution in [0.25, 0.3) is 0 Å². The maximum Gasteiger partial charge on any atom is 0.338 e. The maximum absolute atomic E-state index is 12.0. The quantitative estimate of drug-likeness (QED) is 0.329. The third-order valence-corrected chi connectivity index (χ3v) is 4.25. The molecule has 0 aliphatic rings. The number of esters is 2. The first-order valence-electron chi connectivity index (χ1n) is 9.99. The molecule has 0 aliphatic heterocycles. The Bertz CT molecular complexity index is 519. The Labute approximate surface area is 158 Å². The molecule has 0 aliphatic carbocycles. The Hall–Kier alpha value is -1.84. The molecular weight excluding hydrogens is 328 g/mol. The molecule has 1 aromatic rings. The minimum absolute atomic E-state index is 0.338. The van der Waals surface area contributed by atoms with Gasteiger partial charge in [0.15, 0.2) is 0 Å². The van der Waals surface area contributed by atoms with Crippen LogP contribution in [0.5, 0.6) is 0 Å². The van der Waals surface area contributed by atoms with Crippen LogP contribution in [0.4, 0.5) is 0 Å². The van der Waals surface area contributed by atoms with Crippen LogP contribution in [0.15, 0.2) is 24.3 Å². The van der Waals surface area contributed by atoms with Crippen molar-refractivity contribution in [1.82, 2.24) is 0 Å². The SMILES string of the molecule is CCCCCOC(=O)c1ccc(C(=O)OCCCCCCC(C)C)cc1. The van der Waals surface area contributed by atoms with Crippen molar-refractivity contribution < 1.29 is 19.1 Å². The lowest BCUT2D eigenvalue weighted by Gasteiger charge is -2.07. The molecule has 1 rings (SSSR count). The second kappa shape index (κ2) is 13.4. The monoisotopic (exact) mass is 362 g/mol. The topological polar surface area (TPSA) is 52.6 Å². The van der Waals surface area contributed by atoms with Crippen LogP contribution in [-0.4, -0.2) is 25.2 Å². The normalized spacial score (nSPS) is 10.8. The van der Waals surface area contributed by atoms with Gasteiger partial charge < -0.3 is 9.47 Å². The van der Waals surface area contributed by atoms with Gasteiger partial charge in [-0.15, -0.1) is 0 Å². The van der Waals surface area contributed by atoms with E-state index in [2.05, 4.69) is 20.8 Å². The van der Waals surface area contributed by atoms with Crippen LogP contribution >= 0.6 is 0 Å². The summed E-state index contributed by atoms with van der Waals surface area (Å²) in [4.78, 5) is 23.9. The molecule has 0 heterocycles. The molecule has 0 amide bonds. The fraction of sp³-hybridized carbons (Fsp3) is 0.636. The van der Waals surface area contributed by atoms with Crippen molar-refractivity contribution in [2.75, 3.05) is 13.2 Å². The second-order valence-corrected chi connectivity index (χ2v) is 7.15. The van der Waals surface area contributed by atoms with Gasteiger partial charge in [0.25, 0.3) is 0 Å². The fourth-order valence-electron chi connectivity index (χ4n) is 2.60. The van der Waals surface area contributed by atoms with E-state index in [4.69, 9.17) is 9.47 Å². The molecule has 0 saturated heterocycles. The van der Waals surface area contributed by atoms with Crippen LogP contribution in [0, 0.1) is 5.92 Å². The number of ether oxygens (including phenoxy) is 2. The fourth-order valence-corrected chi connectivity index (χ4v) is 2.60. The highest BCUT2D eigenvalue weighted by Crippen LogP contribution is 2.11. The van der Waals surface area contributed by atoms with Gasteiger partial charge in [0.1, 0.15) is 0 Å². The molecule has 4 nitrogen and oxygen atoms in total. The highest BCUT2D eigenvalue weighted by atomic mass is 16.5. The summed E-state index contributed by atoms with van der Waals surface area (Å²) in [5.41, 5.74) is 0.926. The molecule has 0 spiro atoms. The molecule has 0 atom stereocenters. The number of rotatable bonds is 13. The highest BCUT2D eigenvalue weighted by molar-refractivity contribution is 5.93. The lowest BCUT2D eigenvalue weighted by atomic mass is 10.0. The summed E-state index contributed by atoms with van der Waals surface area (Å²) >= 11 is 0. The van der Waals surface area contributed by atoms with E-state index < -0.39 is 0 Å². The first-order chi connectivity index (χ1) is 12.5. The third-order valence-electron chi connectivity index (χ3n) is 4.25. The largest absolute Gasteiger partial charge is 0.462 e. The zero-order valence-electron chi connectivity index (χ0n) is 16.6. The summed E-state index contributed by atoms with van der Waals surface area (Å²) in [7, 11) is 0. The Morgan fingerprint density at radius 3 is 1.69 bits per heavy atom. The summed E-state index contributed by atoms with van der Waals surface area (Å²) in [6.45, 7) is 7.46. The van der Waals surface area contributed by atoms with Crippen LogP contribution < -0.4 is 0 Å². The van der Waals surface area contributed by atoms with E-state index in [9.17, 15) is 9.59 Å². The van der Waals surface area contributed by atoms with Crippen molar-refractivity contribution in [1.29, 1.82) is 0 Å². The number of benzene rings is 1.